The lowest BCUT2D eigenvalue weighted by molar-refractivity contribution is -0.143. The maximum Gasteiger partial charge on any atom is 0.326 e. The number of amides is 1. The zero-order chi connectivity index (χ0) is 18.0. The smallest absolute Gasteiger partial charge is 0.326 e. The van der Waals surface area contributed by atoms with Gasteiger partial charge in [-0.25, -0.2) is 4.98 Å². The highest BCUT2D eigenvalue weighted by Gasteiger charge is 2.34. The van der Waals surface area contributed by atoms with E-state index in [2.05, 4.69) is 13.8 Å². The molecular weight excluding hydrogens is 318 g/mol. The number of fused-ring (bicyclic) bond motifs is 1. The predicted molar refractivity (Wildman–Crippen MR) is 95.1 cm³/mol. The van der Waals surface area contributed by atoms with Crippen LogP contribution in [-0.4, -0.2) is 46.0 Å². The van der Waals surface area contributed by atoms with Gasteiger partial charge in [0.15, 0.2) is 0 Å². The Morgan fingerprint density at radius 3 is 2.84 bits per heavy atom. The van der Waals surface area contributed by atoms with Crippen molar-refractivity contribution < 1.29 is 14.3 Å². The third-order valence-electron chi connectivity index (χ3n) is 4.44. The van der Waals surface area contributed by atoms with Crippen molar-refractivity contribution in [3.63, 3.8) is 0 Å². The Balaban J connectivity index is 1.93. The van der Waals surface area contributed by atoms with Crippen LogP contribution in [0.3, 0.4) is 0 Å². The van der Waals surface area contributed by atoms with Gasteiger partial charge in [-0.05, 0) is 25.0 Å². The molecule has 0 radical (unpaired) electrons. The van der Waals surface area contributed by atoms with Gasteiger partial charge < -0.3 is 14.2 Å². The predicted octanol–water partition coefficient (Wildman–Crippen LogP) is 2.57. The molecule has 0 unspecified atom stereocenters. The van der Waals surface area contributed by atoms with Crippen LogP contribution in [0.25, 0.3) is 11.0 Å². The molecule has 3 rings (SSSR count). The van der Waals surface area contributed by atoms with Crippen molar-refractivity contribution in [3.8, 4) is 0 Å². The molecule has 1 atom stereocenters. The second-order valence-electron chi connectivity index (χ2n) is 6.94. The summed E-state index contributed by atoms with van der Waals surface area (Å²) >= 11 is 0. The number of imidazole rings is 1. The van der Waals surface area contributed by atoms with Gasteiger partial charge in [0, 0.05) is 25.4 Å². The Kier molecular flexibility index (Phi) is 5.06. The van der Waals surface area contributed by atoms with Crippen molar-refractivity contribution in [2.24, 2.45) is 5.92 Å². The van der Waals surface area contributed by atoms with E-state index in [0.29, 0.717) is 25.5 Å². The number of esters is 1. The summed E-state index contributed by atoms with van der Waals surface area (Å²) in [5, 5.41) is 0. The fourth-order valence-electron chi connectivity index (χ4n) is 3.47. The van der Waals surface area contributed by atoms with Crippen LogP contribution in [0.4, 0.5) is 0 Å². The number of para-hydroxylation sites is 2. The summed E-state index contributed by atoms with van der Waals surface area (Å²) in [6, 6.07) is 7.75. The minimum Gasteiger partial charge on any atom is -0.465 e. The summed E-state index contributed by atoms with van der Waals surface area (Å²) in [6.07, 6.45) is 0.443. The van der Waals surface area contributed by atoms with Crippen LogP contribution >= 0.6 is 0 Å². The van der Waals surface area contributed by atoms with Gasteiger partial charge in [0.25, 0.3) is 0 Å². The lowest BCUT2D eigenvalue weighted by atomic mass is 10.1. The molecule has 0 aliphatic carbocycles. The average Bonchev–Trinajstić information content (AvgIpc) is 3.09. The molecule has 6 heteroatoms. The summed E-state index contributed by atoms with van der Waals surface area (Å²) in [5.41, 5.74) is 1.75. The van der Waals surface area contributed by atoms with Crippen LogP contribution in [0.15, 0.2) is 24.3 Å². The third-order valence-corrected chi connectivity index (χ3v) is 4.44. The van der Waals surface area contributed by atoms with Crippen molar-refractivity contribution in [3.05, 3.63) is 30.1 Å². The lowest BCUT2D eigenvalue weighted by Gasteiger charge is -2.19. The molecule has 0 spiro atoms. The molecule has 2 aromatic rings. The molecule has 134 valence electrons. The van der Waals surface area contributed by atoms with E-state index in [1.54, 1.807) is 6.92 Å². The summed E-state index contributed by atoms with van der Waals surface area (Å²) in [6.45, 7) is 7.90. The second-order valence-corrected chi connectivity index (χ2v) is 6.94. The highest BCUT2D eigenvalue weighted by Crippen LogP contribution is 2.30. The van der Waals surface area contributed by atoms with E-state index in [1.165, 1.54) is 0 Å². The molecule has 1 aromatic carbocycles. The number of ether oxygens (including phenoxy) is 1. The number of hydrogen-bond donors (Lipinski definition) is 0. The van der Waals surface area contributed by atoms with Crippen LogP contribution in [0, 0.1) is 5.92 Å². The molecule has 1 aliphatic rings. The number of benzene rings is 1. The van der Waals surface area contributed by atoms with Gasteiger partial charge in [0.05, 0.1) is 17.6 Å². The number of nitrogens with zero attached hydrogens (tertiary/aromatic N) is 3. The topological polar surface area (TPSA) is 64.4 Å². The van der Waals surface area contributed by atoms with Crippen LogP contribution in [0.1, 0.15) is 38.9 Å². The first kappa shape index (κ1) is 17.5. The van der Waals surface area contributed by atoms with E-state index < -0.39 is 0 Å². The highest BCUT2D eigenvalue weighted by atomic mass is 16.5. The Hall–Kier alpha value is -2.37. The van der Waals surface area contributed by atoms with E-state index in [9.17, 15) is 9.59 Å². The summed E-state index contributed by atoms with van der Waals surface area (Å²) in [4.78, 5) is 31.0. The van der Waals surface area contributed by atoms with Crippen molar-refractivity contribution in [2.75, 3.05) is 19.7 Å². The van der Waals surface area contributed by atoms with Crippen molar-refractivity contribution >= 4 is 22.9 Å². The standard InChI is InChI=1S/C19H25N3O3/c1-4-25-18(24)12-22-16-8-6-5-7-15(16)20-19(22)14-9-17(23)21(11-14)10-13(2)3/h5-8,13-14H,4,9-12H2,1-3H3/t14-/m0/s1. The minimum absolute atomic E-state index is 0.00748. The number of hydrogen-bond acceptors (Lipinski definition) is 4. The second kappa shape index (κ2) is 7.25. The van der Waals surface area contributed by atoms with Crippen LogP contribution in [0.2, 0.25) is 0 Å². The number of likely N-dealkylation sites (tertiary alicyclic amines) is 1. The number of carbonyl (C=O) groups is 2. The van der Waals surface area contributed by atoms with Gasteiger partial charge in [-0.15, -0.1) is 0 Å². The molecule has 1 saturated heterocycles. The average molecular weight is 343 g/mol. The minimum atomic E-state index is -0.282. The molecule has 1 aliphatic heterocycles. The first-order valence-corrected chi connectivity index (χ1v) is 8.88. The lowest BCUT2D eigenvalue weighted by Crippen LogP contribution is -2.29. The maximum atomic E-state index is 12.3. The summed E-state index contributed by atoms with van der Waals surface area (Å²) in [5.74, 6) is 1.12. The molecule has 0 N–H and O–H groups in total. The van der Waals surface area contributed by atoms with E-state index in [1.807, 2.05) is 33.7 Å². The molecule has 6 nitrogen and oxygen atoms in total. The van der Waals surface area contributed by atoms with E-state index in [-0.39, 0.29) is 24.3 Å². The Morgan fingerprint density at radius 2 is 2.12 bits per heavy atom. The molecule has 1 aromatic heterocycles. The Labute approximate surface area is 147 Å². The summed E-state index contributed by atoms with van der Waals surface area (Å²) < 4.78 is 7.02. The first-order chi connectivity index (χ1) is 12.0. The maximum absolute atomic E-state index is 12.3. The SMILES string of the molecule is CCOC(=O)Cn1c([C@H]2CC(=O)N(CC(C)C)C2)nc2ccccc21. The molecular formula is C19H25N3O3. The first-order valence-electron chi connectivity index (χ1n) is 8.88. The number of rotatable bonds is 6. The fourth-order valence-corrected chi connectivity index (χ4v) is 3.47. The van der Waals surface area contributed by atoms with E-state index in [4.69, 9.17) is 9.72 Å². The third kappa shape index (κ3) is 3.67. The summed E-state index contributed by atoms with van der Waals surface area (Å²) in [7, 11) is 0. The van der Waals surface area contributed by atoms with Gasteiger partial charge >= 0.3 is 5.97 Å². The fraction of sp³-hybridized carbons (Fsp3) is 0.526. The van der Waals surface area contributed by atoms with Gasteiger partial charge in [-0.3, -0.25) is 9.59 Å². The number of carbonyl (C=O) groups excluding carboxylic acids is 2. The molecule has 1 fully saturated rings. The molecule has 2 heterocycles. The van der Waals surface area contributed by atoms with Crippen molar-refractivity contribution in [1.82, 2.24) is 14.5 Å². The van der Waals surface area contributed by atoms with E-state index in [0.717, 1.165) is 23.4 Å². The van der Waals surface area contributed by atoms with Gasteiger partial charge in [0.1, 0.15) is 12.4 Å². The van der Waals surface area contributed by atoms with Gasteiger partial charge in [-0.2, -0.15) is 0 Å². The quantitative estimate of drug-likeness (QED) is 0.756. The zero-order valence-corrected chi connectivity index (χ0v) is 15.1. The van der Waals surface area contributed by atoms with Crippen LogP contribution in [-0.2, 0) is 20.9 Å². The van der Waals surface area contributed by atoms with Crippen LogP contribution in [0.5, 0.6) is 0 Å². The van der Waals surface area contributed by atoms with Crippen LogP contribution < -0.4 is 0 Å². The van der Waals surface area contributed by atoms with Gasteiger partial charge in [0.2, 0.25) is 5.91 Å². The highest BCUT2D eigenvalue weighted by molar-refractivity contribution is 5.82. The monoisotopic (exact) mass is 343 g/mol. The molecule has 0 saturated carbocycles. The normalized spacial score (nSPS) is 17.7. The number of aromatic nitrogens is 2. The van der Waals surface area contributed by atoms with Crippen molar-refractivity contribution in [2.45, 2.75) is 39.7 Å². The van der Waals surface area contributed by atoms with Crippen molar-refractivity contribution in [1.29, 1.82) is 0 Å². The van der Waals surface area contributed by atoms with E-state index >= 15 is 0 Å². The molecule has 0 bridgehead atoms. The zero-order valence-electron chi connectivity index (χ0n) is 15.1. The molecule has 25 heavy (non-hydrogen) atoms. The Morgan fingerprint density at radius 1 is 1.36 bits per heavy atom. The van der Waals surface area contributed by atoms with Gasteiger partial charge in [-0.1, -0.05) is 26.0 Å². The largest absolute Gasteiger partial charge is 0.465 e. The Bertz CT molecular complexity index is 781. The molecule has 1 amide bonds.